The maximum atomic E-state index is 6.47. The van der Waals surface area contributed by atoms with Gasteiger partial charge in [-0.05, 0) is 68.0 Å². The van der Waals surface area contributed by atoms with Crippen molar-refractivity contribution in [3.8, 4) is 5.75 Å². The molecule has 5 aliphatic rings. The third-order valence-corrected chi connectivity index (χ3v) is 9.83. The number of ether oxygens (including phenoxy) is 2. The van der Waals surface area contributed by atoms with Crippen LogP contribution in [-0.2, 0) is 4.74 Å². The summed E-state index contributed by atoms with van der Waals surface area (Å²) >= 11 is 0. The first-order chi connectivity index (χ1) is 21.0. The average molecular weight is 588 g/mol. The van der Waals surface area contributed by atoms with E-state index in [0.29, 0.717) is 17.9 Å². The molecule has 3 saturated heterocycles. The van der Waals surface area contributed by atoms with Crippen LogP contribution in [0.3, 0.4) is 0 Å². The summed E-state index contributed by atoms with van der Waals surface area (Å²) in [5, 5.41) is 3.81. The molecule has 0 radical (unpaired) electrons. The van der Waals surface area contributed by atoms with E-state index < -0.39 is 0 Å². The van der Waals surface area contributed by atoms with Crippen LogP contribution in [0.1, 0.15) is 51.0 Å². The molecule has 0 spiro atoms. The molecule has 1 aromatic rings. The summed E-state index contributed by atoms with van der Waals surface area (Å²) in [6.07, 6.45) is 8.09. The molecule has 0 amide bonds. The van der Waals surface area contributed by atoms with E-state index in [1.165, 1.54) is 39.0 Å². The van der Waals surface area contributed by atoms with Crippen LogP contribution < -0.4 is 20.7 Å². The molecule has 1 aromatic carbocycles. The Morgan fingerprint density at radius 2 is 1.81 bits per heavy atom. The van der Waals surface area contributed by atoms with Gasteiger partial charge in [-0.1, -0.05) is 26.0 Å². The number of piperazine rings is 1. The van der Waals surface area contributed by atoms with Gasteiger partial charge in [0.25, 0.3) is 0 Å². The zero-order valence-corrected chi connectivity index (χ0v) is 26.3. The highest BCUT2D eigenvalue weighted by Crippen LogP contribution is 2.42. The first-order valence-corrected chi connectivity index (χ1v) is 16.2. The number of anilines is 1. The van der Waals surface area contributed by atoms with E-state index in [-0.39, 0.29) is 5.92 Å². The quantitative estimate of drug-likeness (QED) is 0.475. The number of nitrogens with two attached hydrogens (primary N) is 1. The number of piperidine rings is 1. The zero-order chi connectivity index (χ0) is 29.9. The summed E-state index contributed by atoms with van der Waals surface area (Å²) in [6, 6.07) is 7.61. The molecular formula is C34H49N7O2. The van der Waals surface area contributed by atoms with E-state index in [9.17, 15) is 0 Å². The molecule has 0 aliphatic carbocycles. The van der Waals surface area contributed by atoms with Gasteiger partial charge in [0.2, 0.25) is 0 Å². The van der Waals surface area contributed by atoms with Gasteiger partial charge in [-0.3, -0.25) is 9.89 Å². The lowest BCUT2D eigenvalue weighted by atomic mass is 9.78. The molecule has 3 fully saturated rings. The van der Waals surface area contributed by atoms with Gasteiger partial charge in [0.05, 0.1) is 35.8 Å². The molecular weight excluding hydrogens is 538 g/mol. The van der Waals surface area contributed by atoms with Crippen LogP contribution >= 0.6 is 0 Å². The molecule has 232 valence electrons. The standard InChI is InChI=1S/C34H49N7O2/c1-5-6-28-32(37-25-11-19-43-20-12-25)23(2)31-27(22-36-34(35)33(31)38-28)24-7-8-29(30(21-24)42-4)41-13-9-26(10-14-41)40-17-15-39(3)16-18-40/h7-8,21-22,25-26,31,37H,2,5-6,9-20H2,1,3-4H3,(H2,35,36). The lowest BCUT2D eigenvalue weighted by molar-refractivity contribution is 0.0804. The molecule has 3 N–H and O–H groups in total. The number of hydrogen-bond acceptors (Lipinski definition) is 9. The molecule has 0 bridgehead atoms. The van der Waals surface area contributed by atoms with E-state index in [1.807, 2.05) is 6.20 Å². The molecule has 1 unspecified atom stereocenters. The fourth-order valence-corrected chi connectivity index (χ4v) is 7.24. The van der Waals surface area contributed by atoms with Crippen molar-refractivity contribution in [2.45, 2.75) is 57.5 Å². The van der Waals surface area contributed by atoms with Crippen molar-refractivity contribution < 1.29 is 9.47 Å². The van der Waals surface area contributed by atoms with Crippen molar-refractivity contribution in [1.82, 2.24) is 15.1 Å². The van der Waals surface area contributed by atoms with Crippen LogP contribution in [0.2, 0.25) is 0 Å². The number of aliphatic imine (C=N–C) groups is 2. The molecule has 5 aliphatic heterocycles. The van der Waals surface area contributed by atoms with E-state index in [4.69, 9.17) is 20.2 Å². The summed E-state index contributed by atoms with van der Waals surface area (Å²) in [7, 11) is 3.99. The summed E-state index contributed by atoms with van der Waals surface area (Å²) < 4.78 is 11.6. The van der Waals surface area contributed by atoms with Gasteiger partial charge in [-0.25, -0.2) is 4.99 Å². The number of nitrogens with zero attached hydrogens (tertiary/aromatic N) is 5. The minimum atomic E-state index is -0.157. The average Bonchev–Trinajstić information content (AvgIpc) is 3.04. The van der Waals surface area contributed by atoms with Gasteiger partial charge < -0.3 is 30.3 Å². The second kappa shape index (κ2) is 13.2. The maximum Gasteiger partial charge on any atom is 0.146 e. The smallest absolute Gasteiger partial charge is 0.146 e. The van der Waals surface area contributed by atoms with Crippen molar-refractivity contribution in [3.63, 3.8) is 0 Å². The number of methoxy groups -OCH3 is 1. The molecule has 1 atom stereocenters. The summed E-state index contributed by atoms with van der Waals surface area (Å²) in [5.41, 5.74) is 13.6. The second-order valence-electron chi connectivity index (χ2n) is 12.6. The summed E-state index contributed by atoms with van der Waals surface area (Å²) in [6.45, 7) is 15.2. The molecule has 5 heterocycles. The zero-order valence-electron chi connectivity index (χ0n) is 26.3. The second-order valence-corrected chi connectivity index (χ2v) is 12.6. The normalized spacial score (nSPS) is 24.8. The number of amidine groups is 1. The highest BCUT2D eigenvalue weighted by Gasteiger charge is 2.37. The first-order valence-electron chi connectivity index (χ1n) is 16.2. The van der Waals surface area contributed by atoms with Gasteiger partial charge >= 0.3 is 0 Å². The molecule has 43 heavy (non-hydrogen) atoms. The Balaban J connectivity index is 1.22. The van der Waals surface area contributed by atoms with Crippen molar-refractivity contribution >= 4 is 22.8 Å². The monoisotopic (exact) mass is 587 g/mol. The third-order valence-electron chi connectivity index (χ3n) is 9.83. The highest BCUT2D eigenvalue weighted by atomic mass is 16.5. The van der Waals surface area contributed by atoms with Crippen LogP contribution in [0.4, 0.5) is 5.69 Å². The fourth-order valence-electron chi connectivity index (χ4n) is 7.24. The van der Waals surface area contributed by atoms with E-state index in [2.05, 4.69) is 63.8 Å². The van der Waals surface area contributed by atoms with Crippen LogP contribution in [-0.4, -0.2) is 100 Å². The SMILES string of the molecule is C=C1C(NC2CCOCC2)=C(CCC)N=C2C(N)=NC=C(c3ccc(N4CCC(N5CCN(C)CC5)CC4)c(OC)c3)C12. The molecule has 9 heteroatoms. The first kappa shape index (κ1) is 29.9. The van der Waals surface area contributed by atoms with E-state index in [1.54, 1.807) is 7.11 Å². The third kappa shape index (κ3) is 6.26. The molecule has 0 saturated carbocycles. The number of hydrogen-bond donors (Lipinski definition) is 2. The maximum absolute atomic E-state index is 6.47. The van der Waals surface area contributed by atoms with Gasteiger partial charge in [-0.2, -0.15) is 0 Å². The number of benzene rings is 1. The van der Waals surface area contributed by atoms with E-state index in [0.717, 1.165) is 97.2 Å². The Bertz CT molecular complexity index is 1310. The fraction of sp³-hybridized carbons (Fsp3) is 0.588. The largest absolute Gasteiger partial charge is 0.495 e. The van der Waals surface area contributed by atoms with Gasteiger partial charge in [0.1, 0.15) is 11.6 Å². The molecule has 6 rings (SSSR count). The Labute approximate surface area is 257 Å². The minimum absolute atomic E-state index is 0.157. The Kier molecular flexibility index (Phi) is 9.21. The number of fused-ring (bicyclic) bond motifs is 1. The molecule has 9 nitrogen and oxygen atoms in total. The topological polar surface area (TPSA) is 90.9 Å². The Morgan fingerprint density at radius 3 is 2.51 bits per heavy atom. The van der Waals surface area contributed by atoms with Crippen molar-refractivity contribution in [1.29, 1.82) is 0 Å². The van der Waals surface area contributed by atoms with Crippen molar-refractivity contribution in [2.24, 2.45) is 21.6 Å². The number of likely N-dealkylation sites (N-methyl/N-ethyl adjacent to an activating group) is 1. The highest BCUT2D eigenvalue weighted by molar-refractivity contribution is 6.45. The number of allylic oxidation sites excluding steroid dienone is 3. The Hall–Kier alpha value is -3.14. The number of nitrogens with one attached hydrogen (secondary N) is 1. The minimum Gasteiger partial charge on any atom is -0.495 e. The van der Waals surface area contributed by atoms with Crippen LogP contribution in [0.15, 0.2) is 57.9 Å². The van der Waals surface area contributed by atoms with Crippen molar-refractivity contribution in [2.75, 3.05) is 71.5 Å². The van der Waals surface area contributed by atoms with Crippen molar-refractivity contribution in [3.05, 3.63) is 53.5 Å². The summed E-state index contributed by atoms with van der Waals surface area (Å²) in [4.78, 5) is 17.4. The predicted molar refractivity (Wildman–Crippen MR) is 176 cm³/mol. The van der Waals surface area contributed by atoms with Crippen LogP contribution in [0.5, 0.6) is 5.75 Å². The van der Waals surface area contributed by atoms with Crippen LogP contribution in [0.25, 0.3) is 5.57 Å². The lowest BCUT2D eigenvalue weighted by Gasteiger charge is -2.42. The predicted octanol–water partition coefficient (Wildman–Crippen LogP) is 4.03. The van der Waals surface area contributed by atoms with Crippen LogP contribution in [0, 0.1) is 5.92 Å². The Morgan fingerprint density at radius 1 is 1.07 bits per heavy atom. The van der Waals surface area contributed by atoms with E-state index >= 15 is 0 Å². The number of rotatable bonds is 8. The van der Waals surface area contributed by atoms with Gasteiger partial charge in [0.15, 0.2) is 0 Å². The summed E-state index contributed by atoms with van der Waals surface area (Å²) in [5.74, 6) is 1.21. The lowest BCUT2D eigenvalue weighted by Crippen LogP contribution is -2.52. The molecule has 0 aromatic heterocycles. The van der Waals surface area contributed by atoms with Gasteiger partial charge in [0, 0.05) is 70.8 Å². The van der Waals surface area contributed by atoms with Gasteiger partial charge in [-0.15, -0.1) is 0 Å².